The molecule has 32 heavy (non-hydrogen) atoms. The van der Waals surface area contributed by atoms with E-state index in [9.17, 15) is 18.0 Å². The summed E-state index contributed by atoms with van der Waals surface area (Å²) in [5, 5.41) is 5.18. The van der Waals surface area contributed by atoms with E-state index in [4.69, 9.17) is 16.7 Å². The van der Waals surface area contributed by atoms with Gasteiger partial charge in [-0.15, -0.1) is 11.6 Å². The molecule has 2 unspecified atom stereocenters. The zero-order valence-corrected chi connectivity index (χ0v) is 18.2. The molecule has 1 saturated heterocycles. The summed E-state index contributed by atoms with van der Waals surface area (Å²) in [4.78, 5) is 27.3. The maximum absolute atomic E-state index is 13.7. The number of amides is 2. The Morgan fingerprint density at radius 1 is 0.812 bits per heavy atom. The van der Waals surface area contributed by atoms with Crippen LogP contribution in [0.4, 0.5) is 5.69 Å². The predicted octanol–water partition coefficient (Wildman–Crippen LogP) is 3.08. The fourth-order valence-corrected chi connectivity index (χ4v) is 6.81. The number of hydrogen-bond acceptors (Lipinski definition) is 4. The maximum Gasteiger partial charge on any atom is 0.240 e. The second kappa shape index (κ2) is 6.28. The molecular weight excluding hydrogens is 448 g/mol. The summed E-state index contributed by atoms with van der Waals surface area (Å²) in [5.74, 6) is -2.39. The van der Waals surface area contributed by atoms with Gasteiger partial charge >= 0.3 is 0 Å². The Bertz CT molecular complexity index is 1390. The Labute approximate surface area is 189 Å². The summed E-state index contributed by atoms with van der Waals surface area (Å²) in [6.07, 6.45) is 0. The maximum atomic E-state index is 13.7. The number of halogens is 1. The lowest BCUT2D eigenvalue weighted by molar-refractivity contribution is -0.122. The van der Waals surface area contributed by atoms with E-state index in [-0.39, 0.29) is 22.6 Å². The number of carbonyl (C=O) groups is 2. The second-order valence-electron chi connectivity index (χ2n) is 8.42. The van der Waals surface area contributed by atoms with Crippen LogP contribution in [0.3, 0.4) is 0 Å². The molecule has 3 aliphatic carbocycles. The molecule has 1 fully saturated rings. The Kier molecular flexibility index (Phi) is 3.86. The van der Waals surface area contributed by atoms with Gasteiger partial charge < -0.3 is 0 Å². The molecule has 4 aliphatic rings. The van der Waals surface area contributed by atoms with Crippen LogP contribution < -0.4 is 10.0 Å². The van der Waals surface area contributed by atoms with Crippen molar-refractivity contribution in [2.24, 2.45) is 17.0 Å². The van der Waals surface area contributed by atoms with Gasteiger partial charge in [0.05, 0.1) is 22.4 Å². The largest absolute Gasteiger partial charge is 0.274 e. The third-order valence-corrected chi connectivity index (χ3v) is 8.51. The molecule has 0 saturated carbocycles. The molecule has 2 atom stereocenters. The van der Waals surface area contributed by atoms with Gasteiger partial charge in [0.15, 0.2) is 0 Å². The molecule has 7 rings (SSSR count). The van der Waals surface area contributed by atoms with Crippen LogP contribution in [-0.4, -0.2) is 20.2 Å². The highest BCUT2D eigenvalue weighted by molar-refractivity contribution is 7.89. The third kappa shape index (κ3) is 2.30. The Hall–Kier alpha value is -3.00. The lowest BCUT2D eigenvalue weighted by atomic mass is 9.54. The van der Waals surface area contributed by atoms with Gasteiger partial charge in [0.2, 0.25) is 21.8 Å². The quantitative estimate of drug-likeness (QED) is 0.465. The standard InChI is InChI=1S/C24H17ClN2O4S/c25-24-17-7-3-1-5-15(17)19(16-6-2-4-8-18(16)24)20-21(24)23(29)27(22(20)28)13-9-11-14(12-10-13)32(26,30)31/h1-12,19-21H,(H2,26,30,31). The van der Waals surface area contributed by atoms with Crippen LogP contribution in [0.2, 0.25) is 0 Å². The summed E-state index contributed by atoms with van der Waals surface area (Å²) < 4.78 is 23.2. The number of nitrogens with two attached hydrogens (primary N) is 1. The molecule has 160 valence electrons. The van der Waals surface area contributed by atoms with Gasteiger partial charge in [0.1, 0.15) is 4.87 Å². The summed E-state index contributed by atoms with van der Waals surface area (Å²) >= 11 is 7.36. The molecule has 2 N–H and O–H groups in total. The van der Waals surface area contributed by atoms with Gasteiger partial charge in [-0.05, 0) is 46.5 Å². The van der Waals surface area contributed by atoms with Gasteiger partial charge in [-0.25, -0.2) is 18.5 Å². The van der Waals surface area contributed by atoms with Gasteiger partial charge in [0, 0.05) is 5.92 Å². The van der Waals surface area contributed by atoms with E-state index in [0.717, 1.165) is 27.2 Å². The third-order valence-electron chi connectivity index (χ3n) is 6.94. The first-order valence-electron chi connectivity index (χ1n) is 10.1. The molecule has 8 heteroatoms. The van der Waals surface area contributed by atoms with Crippen LogP contribution in [-0.2, 0) is 24.5 Å². The highest BCUT2D eigenvalue weighted by Crippen LogP contribution is 2.65. The minimum absolute atomic E-state index is 0.0912. The zero-order valence-electron chi connectivity index (χ0n) is 16.6. The molecule has 0 radical (unpaired) electrons. The summed E-state index contributed by atoms with van der Waals surface area (Å²) in [6.45, 7) is 0. The van der Waals surface area contributed by atoms with Crippen LogP contribution in [0.25, 0.3) is 0 Å². The van der Waals surface area contributed by atoms with Gasteiger partial charge in [-0.1, -0.05) is 48.5 Å². The summed E-state index contributed by atoms with van der Waals surface area (Å²) in [5.41, 5.74) is 3.96. The topological polar surface area (TPSA) is 97.5 Å². The lowest BCUT2D eigenvalue weighted by Crippen LogP contribution is -2.50. The minimum atomic E-state index is -3.89. The fraction of sp³-hybridized carbons (Fsp3) is 0.167. The highest BCUT2D eigenvalue weighted by atomic mass is 35.5. The van der Waals surface area contributed by atoms with E-state index in [1.54, 1.807) is 0 Å². The monoisotopic (exact) mass is 464 g/mol. The van der Waals surface area contributed by atoms with E-state index in [1.807, 2.05) is 48.5 Å². The Balaban J connectivity index is 1.54. The molecular formula is C24H17ClN2O4S. The van der Waals surface area contributed by atoms with Crippen molar-refractivity contribution in [1.82, 2.24) is 0 Å². The van der Waals surface area contributed by atoms with Crippen molar-refractivity contribution in [3.05, 3.63) is 95.1 Å². The van der Waals surface area contributed by atoms with Gasteiger partial charge in [-0.2, -0.15) is 0 Å². The number of primary sulfonamides is 1. The Morgan fingerprint density at radius 2 is 1.34 bits per heavy atom. The van der Waals surface area contributed by atoms with Crippen LogP contribution in [0, 0.1) is 11.8 Å². The summed E-state index contributed by atoms with van der Waals surface area (Å²) in [7, 11) is -3.89. The van der Waals surface area contributed by atoms with E-state index < -0.39 is 26.7 Å². The molecule has 6 nitrogen and oxygen atoms in total. The van der Waals surface area contributed by atoms with Crippen molar-refractivity contribution in [1.29, 1.82) is 0 Å². The molecule has 2 bridgehead atoms. The van der Waals surface area contributed by atoms with Crippen molar-refractivity contribution in [2.75, 3.05) is 4.90 Å². The number of rotatable bonds is 2. The number of hydrogen-bond donors (Lipinski definition) is 1. The zero-order chi connectivity index (χ0) is 22.4. The number of nitrogens with zero attached hydrogens (tertiary/aromatic N) is 1. The lowest BCUT2D eigenvalue weighted by Gasteiger charge is -2.50. The van der Waals surface area contributed by atoms with Crippen LogP contribution in [0.5, 0.6) is 0 Å². The van der Waals surface area contributed by atoms with Crippen molar-refractivity contribution < 1.29 is 18.0 Å². The van der Waals surface area contributed by atoms with E-state index in [2.05, 4.69) is 0 Å². The van der Waals surface area contributed by atoms with Crippen LogP contribution >= 0.6 is 11.6 Å². The van der Waals surface area contributed by atoms with E-state index in [1.165, 1.54) is 24.3 Å². The van der Waals surface area contributed by atoms with Crippen LogP contribution in [0.15, 0.2) is 77.7 Å². The average Bonchev–Trinajstić information content (AvgIpc) is 3.05. The summed E-state index contributed by atoms with van der Waals surface area (Å²) in [6, 6.07) is 20.9. The van der Waals surface area contributed by atoms with Crippen molar-refractivity contribution >= 4 is 39.1 Å². The Morgan fingerprint density at radius 3 is 1.88 bits per heavy atom. The SMILES string of the molecule is NS(=O)(=O)c1ccc(N2C(=O)C3C4c5ccccc5C(Cl)(c5ccccc54)C3C2=O)cc1. The van der Waals surface area contributed by atoms with Gasteiger partial charge in [-0.3, -0.25) is 9.59 Å². The number of imide groups is 1. The van der Waals surface area contributed by atoms with Gasteiger partial charge in [0.25, 0.3) is 0 Å². The average molecular weight is 465 g/mol. The van der Waals surface area contributed by atoms with Crippen LogP contribution in [0.1, 0.15) is 28.2 Å². The number of sulfonamides is 1. The predicted molar refractivity (Wildman–Crippen MR) is 119 cm³/mol. The van der Waals surface area contributed by atoms with Crippen molar-refractivity contribution in [3.8, 4) is 0 Å². The molecule has 1 heterocycles. The van der Waals surface area contributed by atoms with E-state index in [0.29, 0.717) is 5.69 Å². The number of benzene rings is 3. The number of alkyl halides is 1. The first-order valence-corrected chi connectivity index (χ1v) is 12.1. The smallest absolute Gasteiger partial charge is 0.240 e. The first-order chi connectivity index (χ1) is 15.2. The minimum Gasteiger partial charge on any atom is -0.274 e. The molecule has 0 aromatic heterocycles. The second-order valence-corrected chi connectivity index (χ2v) is 10.6. The number of carbonyl (C=O) groups excluding carboxylic acids is 2. The van der Waals surface area contributed by atoms with Crippen molar-refractivity contribution in [2.45, 2.75) is 15.7 Å². The van der Waals surface area contributed by atoms with Crippen molar-refractivity contribution in [3.63, 3.8) is 0 Å². The van der Waals surface area contributed by atoms with E-state index >= 15 is 0 Å². The first kappa shape index (κ1) is 19.7. The molecule has 3 aromatic carbocycles. The molecule has 1 aliphatic heterocycles. The molecule has 2 amide bonds. The highest BCUT2D eigenvalue weighted by Gasteiger charge is 2.67. The fourth-order valence-electron chi connectivity index (χ4n) is 5.72. The number of anilines is 1. The molecule has 0 spiro atoms. The normalized spacial score (nSPS) is 27.8. The molecule has 3 aromatic rings.